The number of carbonyl (C=O) groups is 1. The van der Waals surface area contributed by atoms with Gasteiger partial charge in [-0.05, 0) is 24.3 Å². The maximum Gasteiger partial charge on any atom is 0.272 e. The Labute approximate surface area is 141 Å². The van der Waals surface area contributed by atoms with E-state index in [0.717, 1.165) is 18.2 Å². The van der Waals surface area contributed by atoms with Crippen LogP contribution in [-0.2, 0) is 14.8 Å². The highest BCUT2D eigenvalue weighted by atomic mass is 35.5. The highest BCUT2D eigenvalue weighted by Gasteiger charge is 2.24. The second kappa shape index (κ2) is 7.56. The molecule has 6 nitrogen and oxygen atoms in total. The van der Waals surface area contributed by atoms with Crippen LogP contribution in [0.3, 0.4) is 0 Å². The van der Waals surface area contributed by atoms with E-state index < -0.39 is 39.1 Å². The molecule has 1 amide bonds. The molecule has 0 fully saturated rings. The molecule has 0 aliphatic heterocycles. The minimum atomic E-state index is -4.62. The van der Waals surface area contributed by atoms with E-state index in [1.165, 1.54) is 6.07 Å². The Kier molecular flexibility index (Phi) is 5.71. The van der Waals surface area contributed by atoms with Crippen molar-refractivity contribution >= 4 is 27.5 Å². The minimum Gasteiger partial charge on any atom is -0.482 e. The molecular formula is C14H11ClF2N2O4S. The van der Waals surface area contributed by atoms with Crippen LogP contribution >= 0.6 is 11.6 Å². The molecule has 0 heterocycles. The van der Waals surface area contributed by atoms with Gasteiger partial charge in [-0.15, -0.1) is 4.83 Å². The number of nitrogens with one attached hydrogen (secondary N) is 2. The first kappa shape index (κ1) is 18.1. The molecule has 0 unspecified atom stereocenters. The third-order valence-corrected chi connectivity index (χ3v) is 4.32. The topological polar surface area (TPSA) is 84.5 Å². The molecule has 0 saturated heterocycles. The van der Waals surface area contributed by atoms with Crippen LogP contribution in [0.1, 0.15) is 0 Å². The fourth-order valence-corrected chi connectivity index (χ4v) is 2.85. The molecule has 128 valence electrons. The summed E-state index contributed by atoms with van der Waals surface area (Å²) in [6.07, 6.45) is 0. The highest BCUT2D eigenvalue weighted by Crippen LogP contribution is 2.22. The van der Waals surface area contributed by atoms with Gasteiger partial charge in [-0.3, -0.25) is 10.2 Å². The summed E-state index contributed by atoms with van der Waals surface area (Å²) in [5.74, 6) is -3.25. The summed E-state index contributed by atoms with van der Waals surface area (Å²) in [6, 6.07) is 8.90. The van der Waals surface area contributed by atoms with Crippen LogP contribution in [0.15, 0.2) is 47.4 Å². The van der Waals surface area contributed by atoms with E-state index in [2.05, 4.69) is 0 Å². The number of hydrogen-bond donors (Lipinski definition) is 2. The van der Waals surface area contributed by atoms with Crippen LogP contribution in [0.25, 0.3) is 0 Å². The van der Waals surface area contributed by atoms with Gasteiger partial charge in [0.15, 0.2) is 11.5 Å². The maximum atomic E-state index is 13.5. The lowest BCUT2D eigenvalue weighted by molar-refractivity contribution is -0.123. The van der Waals surface area contributed by atoms with Crippen molar-refractivity contribution in [1.82, 2.24) is 10.3 Å². The summed E-state index contributed by atoms with van der Waals surface area (Å²) in [5, 5.41) is 0.263. The van der Waals surface area contributed by atoms with Gasteiger partial charge in [-0.25, -0.2) is 17.2 Å². The number of carbonyl (C=O) groups excluding carboxylic acids is 1. The summed E-state index contributed by atoms with van der Waals surface area (Å²) >= 11 is 5.82. The SMILES string of the molecule is O=C(COc1ccccc1Cl)NNS(=O)(=O)c1c(F)cccc1F. The Balaban J connectivity index is 1.97. The first-order valence-corrected chi connectivity index (χ1v) is 8.29. The van der Waals surface area contributed by atoms with Crippen LogP contribution in [-0.4, -0.2) is 20.9 Å². The molecule has 2 aromatic carbocycles. The van der Waals surface area contributed by atoms with Crippen LogP contribution in [0.4, 0.5) is 8.78 Å². The number of amides is 1. The molecule has 0 spiro atoms. The number of rotatable bonds is 6. The van der Waals surface area contributed by atoms with Gasteiger partial charge in [-0.1, -0.05) is 29.8 Å². The zero-order chi connectivity index (χ0) is 17.7. The molecule has 0 bridgehead atoms. The normalized spacial score (nSPS) is 11.1. The van der Waals surface area contributed by atoms with Crippen molar-refractivity contribution in [2.75, 3.05) is 6.61 Å². The van der Waals surface area contributed by atoms with Gasteiger partial charge in [0.1, 0.15) is 17.4 Å². The number of hydrogen-bond acceptors (Lipinski definition) is 4. The fraction of sp³-hybridized carbons (Fsp3) is 0.0714. The van der Waals surface area contributed by atoms with Crippen molar-refractivity contribution in [3.63, 3.8) is 0 Å². The van der Waals surface area contributed by atoms with E-state index in [4.69, 9.17) is 16.3 Å². The summed E-state index contributed by atoms with van der Waals surface area (Å²) in [7, 11) is -4.62. The van der Waals surface area contributed by atoms with Crippen molar-refractivity contribution < 1.29 is 26.7 Å². The van der Waals surface area contributed by atoms with Crippen LogP contribution in [0, 0.1) is 11.6 Å². The average Bonchev–Trinajstić information content (AvgIpc) is 2.52. The van der Waals surface area contributed by atoms with Crippen LogP contribution in [0.2, 0.25) is 5.02 Å². The summed E-state index contributed by atoms with van der Waals surface area (Å²) in [6.45, 7) is -0.563. The number of hydrazine groups is 1. The summed E-state index contributed by atoms with van der Waals surface area (Å²) in [4.78, 5) is 12.0. The number of ether oxygens (including phenoxy) is 1. The predicted octanol–water partition coefficient (Wildman–Crippen LogP) is 2.01. The molecule has 0 aliphatic rings. The van der Waals surface area contributed by atoms with E-state index >= 15 is 0 Å². The zero-order valence-electron chi connectivity index (χ0n) is 11.9. The largest absolute Gasteiger partial charge is 0.482 e. The Hall–Kier alpha value is -2.23. The summed E-state index contributed by atoms with van der Waals surface area (Å²) in [5.41, 5.74) is 1.79. The van der Waals surface area contributed by atoms with Crippen LogP contribution in [0.5, 0.6) is 5.75 Å². The predicted molar refractivity (Wildman–Crippen MR) is 81.8 cm³/mol. The molecule has 2 aromatic rings. The van der Waals surface area contributed by atoms with Crippen molar-refractivity contribution in [1.29, 1.82) is 0 Å². The lowest BCUT2D eigenvalue weighted by atomic mass is 10.3. The second-order valence-electron chi connectivity index (χ2n) is 4.42. The van der Waals surface area contributed by atoms with E-state index in [1.807, 2.05) is 0 Å². The third kappa shape index (κ3) is 4.40. The molecule has 0 atom stereocenters. The van der Waals surface area contributed by atoms with Gasteiger partial charge in [-0.2, -0.15) is 0 Å². The number of benzene rings is 2. The number of sulfonamides is 1. The molecule has 0 saturated carbocycles. The minimum absolute atomic E-state index is 0.220. The van der Waals surface area contributed by atoms with Crippen molar-refractivity contribution in [2.24, 2.45) is 0 Å². The van der Waals surface area contributed by atoms with Crippen molar-refractivity contribution in [3.8, 4) is 5.75 Å². The molecule has 0 aliphatic carbocycles. The molecule has 2 rings (SSSR count). The standard InChI is InChI=1S/C14H11ClF2N2O4S/c15-9-4-1-2-7-12(9)23-8-13(20)18-19-24(21,22)14-10(16)5-3-6-11(14)17/h1-7,19H,8H2,(H,18,20). The van der Waals surface area contributed by atoms with Crippen LogP contribution < -0.4 is 15.0 Å². The Morgan fingerprint density at radius 1 is 1.08 bits per heavy atom. The van der Waals surface area contributed by atoms with E-state index in [0.29, 0.717) is 0 Å². The molecule has 0 radical (unpaired) electrons. The van der Waals surface area contributed by atoms with Crippen molar-refractivity contribution in [2.45, 2.75) is 4.90 Å². The molecule has 10 heteroatoms. The second-order valence-corrected chi connectivity index (χ2v) is 6.45. The lowest BCUT2D eigenvalue weighted by Crippen LogP contribution is -2.44. The Morgan fingerprint density at radius 3 is 2.33 bits per heavy atom. The van der Waals surface area contributed by atoms with E-state index in [-0.39, 0.29) is 10.8 Å². The van der Waals surface area contributed by atoms with Gasteiger partial charge in [0.2, 0.25) is 0 Å². The molecule has 2 N–H and O–H groups in total. The first-order valence-electron chi connectivity index (χ1n) is 6.43. The number of para-hydroxylation sites is 1. The first-order chi connectivity index (χ1) is 11.3. The average molecular weight is 377 g/mol. The smallest absolute Gasteiger partial charge is 0.272 e. The highest BCUT2D eigenvalue weighted by molar-refractivity contribution is 7.89. The van der Waals surface area contributed by atoms with Gasteiger partial charge < -0.3 is 4.74 Å². The maximum absolute atomic E-state index is 13.5. The Morgan fingerprint density at radius 2 is 1.71 bits per heavy atom. The van der Waals surface area contributed by atoms with Gasteiger partial charge in [0, 0.05) is 0 Å². The third-order valence-electron chi connectivity index (χ3n) is 2.71. The number of halogens is 3. The van der Waals surface area contributed by atoms with Gasteiger partial charge in [0.05, 0.1) is 5.02 Å². The monoisotopic (exact) mass is 376 g/mol. The zero-order valence-corrected chi connectivity index (χ0v) is 13.5. The van der Waals surface area contributed by atoms with Gasteiger partial charge in [0.25, 0.3) is 15.9 Å². The molecular weight excluding hydrogens is 366 g/mol. The van der Waals surface area contributed by atoms with E-state index in [1.54, 1.807) is 28.5 Å². The van der Waals surface area contributed by atoms with E-state index in [9.17, 15) is 22.0 Å². The molecule has 24 heavy (non-hydrogen) atoms. The summed E-state index contributed by atoms with van der Waals surface area (Å²) < 4.78 is 55.7. The van der Waals surface area contributed by atoms with Gasteiger partial charge >= 0.3 is 0 Å². The fourth-order valence-electron chi connectivity index (χ4n) is 1.66. The quantitative estimate of drug-likeness (QED) is 0.755. The Bertz CT molecular complexity index is 841. The molecule has 0 aromatic heterocycles. The lowest BCUT2D eigenvalue weighted by Gasteiger charge is -2.11. The van der Waals surface area contributed by atoms with Crippen molar-refractivity contribution in [3.05, 3.63) is 59.1 Å².